The Kier molecular flexibility index (Phi) is 9.11. The van der Waals surface area contributed by atoms with Gasteiger partial charge < -0.3 is 14.2 Å². The first-order chi connectivity index (χ1) is 18.6. The highest BCUT2D eigenvalue weighted by Gasteiger charge is 2.14. The zero-order chi connectivity index (χ0) is 26.7. The molecule has 7 nitrogen and oxygen atoms in total. The summed E-state index contributed by atoms with van der Waals surface area (Å²) in [6.07, 6.45) is 2.20. The summed E-state index contributed by atoms with van der Waals surface area (Å²) in [5.74, 6) is 1.37. The first kappa shape index (κ1) is 26.5. The second-order valence-corrected chi connectivity index (χ2v) is 9.16. The van der Waals surface area contributed by atoms with Crippen molar-refractivity contribution in [3.05, 3.63) is 94.9 Å². The van der Waals surface area contributed by atoms with Gasteiger partial charge in [-0.25, -0.2) is 4.98 Å². The third-order valence-corrected chi connectivity index (χ3v) is 6.25. The van der Waals surface area contributed by atoms with Gasteiger partial charge in [0.25, 0.3) is 5.91 Å². The Bertz CT molecular complexity index is 1440. The Labute approximate surface area is 226 Å². The smallest absolute Gasteiger partial charge is 0.268 e. The number of benzene rings is 3. The van der Waals surface area contributed by atoms with Gasteiger partial charge in [0.05, 0.1) is 26.0 Å². The molecule has 192 valence electrons. The normalized spacial score (nSPS) is 10.9. The Hall–Kier alpha value is -4.61. The van der Waals surface area contributed by atoms with E-state index in [0.717, 1.165) is 17.0 Å². The second-order valence-electron chi connectivity index (χ2n) is 8.30. The third-order valence-electron chi connectivity index (χ3n) is 5.49. The van der Waals surface area contributed by atoms with Gasteiger partial charge in [0.1, 0.15) is 17.4 Å². The van der Waals surface area contributed by atoms with Gasteiger partial charge in [0.15, 0.2) is 16.6 Å². The van der Waals surface area contributed by atoms with E-state index in [9.17, 15) is 10.1 Å². The number of nitrogens with zero attached hydrogens (tertiary/aromatic N) is 2. The number of anilines is 1. The van der Waals surface area contributed by atoms with Gasteiger partial charge in [-0.2, -0.15) is 5.26 Å². The zero-order valence-corrected chi connectivity index (χ0v) is 22.0. The van der Waals surface area contributed by atoms with Crippen LogP contribution in [0.2, 0.25) is 0 Å². The lowest BCUT2D eigenvalue weighted by molar-refractivity contribution is -0.112. The van der Waals surface area contributed by atoms with Crippen LogP contribution in [0.25, 0.3) is 17.3 Å². The van der Waals surface area contributed by atoms with Crippen molar-refractivity contribution in [2.24, 2.45) is 0 Å². The van der Waals surface area contributed by atoms with Crippen molar-refractivity contribution in [2.45, 2.75) is 13.3 Å². The molecule has 0 saturated heterocycles. The van der Waals surface area contributed by atoms with E-state index in [1.165, 1.54) is 23.0 Å². The molecule has 0 aliphatic carbocycles. The van der Waals surface area contributed by atoms with Crippen LogP contribution in [0.4, 0.5) is 5.13 Å². The number of aromatic nitrogens is 1. The summed E-state index contributed by atoms with van der Waals surface area (Å²) >= 11 is 1.30. The van der Waals surface area contributed by atoms with Gasteiger partial charge >= 0.3 is 0 Å². The maximum atomic E-state index is 12.7. The van der Waals surface area contributed by atoms with Crippen molar-refractivity contribution in [3.8, 4) is 34.6 Å². The van der Waals surface area contributed by atoms with Gasteiger partial charge in [-0.3, -0.25) is 10.1 Å². The van der Waals surface area contributed by atoms with Crippen LogP contribution in [0, 0.1) is 18.3 Å². The lowest BCUT2D eigenvalue weighted by atomic mass is 10.1. The number of aryl methyl sites for hydroxylation is 1. The minimum Gasteiger partial charge on any atom is -0.493 e. The quantitative estimate of drug-likeness (QED) is 0.136. The molecule has 0 saturated carbocycles. The van der Waals surface area contributed by atoms with Gasteiger partial charge in [-0.1, -0.05) is 54.1 Å². The molecule has 0 aliphatic rings. The number of hydrogen-bond donors (Lipinski definition) is 1. The van der Waals surface area contributed by atoms with Crippen LogP contribution in [0.5, 0.6) is 17.2 Å². The van der Waals surface area contributed by atoms with Gasteiger partial charge in [0, 0.05) is 17.4 Å². The Morgan fingerprint density at radius 2 is 1.79 bits per heavy atom. The van der Waals surface area contributed by atoms with E-state index in [4.69, 9.17) is 14.2 Å². The molecule has 0 radical (unpaired) electrons. The summed E-state index contributed by atoms with van der Waals surface area (Å²) < 4.78 is 17.1. The van der Waals surface area contributed by atoms with Crippen molar-refractivity contribution < 1.29 is 19.0 Å². The summed E-state index contributed by atoms with van der Waals surface area (Å²) in [6.45, 7) is 3.01. The number of hydrogen-bond acceptors (Lipinski definition) is 7. The molecule has 3 aromatic carbocycles. The number of nitriles is 1. The monoisotopic (exact) mass is 525 g/mol. The highest BCUT2D eigenvalue weighted by Crippen LogP contribution is 2.29. The van der Waals surface area contributed by atoms with Crippen molar-refractivity contribution in [1.82, 2.24) is 4.98 Å². The molecule has 1 aromatic heterocycles. The maximum Gasteiger partial charge on any atom is 0.268 e. The number of rotatable bonds is 11. The molecule has 1 amide bonds. The minimum absolute atomic E-state index is 0.0505. The topological polar surface area (TPSA) is 93.5 Å². The summed E-state index contributed by atoms with van der Waals surface area (Å²) in [6, 6.07) is 24.8. The van der Waals surface area contributed by atoms with E-state index in [1.807, 2.05) is 73.0 Å². The van der Waals surface area contributed by atoms with E-state index in [0.29, 0.717) is 41.8 Å². The largest absolute Gasteiger partial charge is 0.493 e. The number of methoxy groups -OCH3 is 1. The highest BCUT2D eigenvalue weighted by molar-refractivity contribution is 7.14. The fraction of sp³-hybridized carbons (Fsp3) is 0.167. The molecule has 0 unspecified atom stereocenters. The van der Waals surface area contributed by atoms with Crippen molar-refractivity contribution in [1.29, 1.82) is 5.26 Å². The van der Waals surface area contributed by atoms with E-state index >= 15 is 0 Å². The fourth-order valence-electron chi connectivity index (χ4n) is 3.51. The van der Waals surface area contributed by atoms with Gasteiger partial charge in [-0.05, 0) is 42.8 Å². The van der Waals surface area contributed by atoms with E-state index in [-0.39, 0.29) is 5.57 Å². The minimum atomic E-state index is -0.533. The summed E-state index contributed by atoms with van der Waals surface area (Å²) in [5, 5.41) is 14.6. The Morgan fingerprint density at radius 1 is 1.03 bits per heavy atom. The molecule has 4 rings (SSSR count). The first-order valence-electron chi connectivity index (χ1n) is 12.0. The lowest BCUT2D eigenvalue weighted by Crippen LogP contribution is -2.13. The van der Waals surface area contributed by atoms with Crippen molar-refractivity contribution >= 4 is 28.5 Å². The number of carbonyl (C=O) groups is 1. The predicted octanol–water partition coefficient (Wildman–Crippen LogP) is 6.52. The zero-order valence-electron chi connectivity index (χ0n) is 21.1. The molecule has 38 heavy (non-hydrogen) atoms. The molecule has 1 N–H and O–H groups in total. The summed E-state index contributed by atoms with van der Waals surface area (Å²) in [5.41, 5.74) is 3.48. The number of amides is 1. The molecule has 0 spiro atoms. The van der Waals surface area contributed by atoms with Gasteiger partial charge in [-0.15, -0.1) is 11.3 Å². The Balaban J connectivity index is 1.34. The molecule has 1 heterocycles. The van der Waals surface area contributed by atoms with Crippen molar-refractivity contribution in [2.75, 3.05) is 25.6 Å². The highest BCUT2D eigenvalue weighted by atomic mass is 32.1. The van der Waals surface area contributed by atoms with Crippen LogP contribution in [-0.4, -0.2) is 31.2 Å². The van der Waals surface area contributed by atoms with Crippen LogP contribution in [0.1, 0.15) is 17.5 Å². The number of nitrogens with one attached hydrogen (secondary N) is 1. The first-order valence-corrected chi connectivity index (χ1v) is 12.9. The lowest BCUT2D eigenvalue weighted by Gasteiger charge is -2.12. The average Bonchev–Trinajstić information content (AvgIpc) is 3.41. The molecule has 0 aliphatic heterocycles. The molecular formula is C30H27N3O4S. The van der Waals surface area contributed by atoms with Crippen LogP contribution in [0.3, 0.4) is 0 Å². The maximum absolute atomic E-state index is 12.7. The van der Waals surface area contributed by atoms with E-state index in [2.05, 4.69) is 10.3 Å². The van der Waals surface area contributed by atoms with Crippen LogP contribution in [-0.2, 0) is 4.79 Å². The van der Waals surface area contributed by atoms with Crippen LogP contribution >= 0.6 is 11.3 Å². The SMILES string of the molecule is COc1cc(/C=C(/C#N)C(=O)Nc2nc(-c3ccccc3)cs2)ccc1OCCCOc1ccc(C)cc1. The van der Waals surface area contributed by atoms with Gasteiger partial charge in [0.2, 0.25) is 0 Å². The molecule has 0 bridgehead atoms. The number of thiazole rings is 1. The number of ether oxygens (including phenoxy) is 3. The standard InChI is InChI=1S/C30H27N3O4S/c1-21-9-12-25(13-10-21)36-15-6-16-37-27-14-11-22(18-28(27)35-2)17-24(19-31)29(34)33-30-32-26(20-38-30)23-7-4-3-5-8-23/h3-5,7-14,17-18,20H,6,15-16H2,1-2H3,(H,32,33,34)/b24-17-. The summed E-state index contributed by atoms with van der Waals surface area (Å²) in [4.78, 5) is 17.2. The Morgan fingerprint density at radius 3 is 2.53 bits per heavy atom. The third kappa shape index (κ3) is 7.21. The average molecular weight is 526 g/mol. The predicted molar refractivity (Wildman–Crippen MR) is 150 cm³/mol. The fourth-order valence-corrected chi connectivity index (χ4v) is 4.23. The van der Waals surface area contributed by atoms with Crippen molar-refractivity contribution in [3.63, 3.8) is 0 Å². The molecular weight excluding hydrogens is 498 g/mol. The van der Waals surface area contributed by atoms with E-state index in [1.54, 1.807) is 25.3 Å². The van der Waals surface area contributed by atoms with Crippen LogP contribution in [0.15, 0.2) is 83.7 Å². The molecule has 0 fully saturated rings. The molecule has 8 heteroatoms. The van der Waals surface area contributed by atoms with Crippen LogP contribution < -0.4 is 19.5 Å². The second kappa shape index (κ2) is 13.1. The molecule has 4 aromatic rings. The number of carbonyl (C=O) groups excluding carboxylic acids is 1. The molecule has 0 atom stereocenters. The van der Waals surface area contributed by atoms with E-state index < -0.39 is 5.91 Å². The summed E-state index contributed by atoms with van der Waals surface area (Å²) in [7, 11) is 1.54.